The van der Waals surface area contributed by atoms with Crippen molar-refractivity contribution in [3.63, 3.8) is 0 Å². The quantitative estimate of drug-likeness (QED) is 0.639. The molecule has 0 saturated heterocycles. The molecule has 12 heavy (non-hydrogen) atoms. The summed E-state index contributed by atoms with van der Waals surface area (Å²) in [6.07, 6.45) is 2.21. The Morgan fingerprint density at radius 1 is 1.42 bits per heavy atom. The molecule has 0 aromatic rings. The summed E-state index contributed by atoms with van der Waals surface area (Å²) in [5.74, 6) is -0.173. The highest BCUT2D eigenvalue weighted by molar-refractivity contribution is 5.72. The van der Waals surface area contributed by atoms with Crippen LogP contribution in [0.15, 0.2) is 0 Å². The van der Waals surface area contributed by atoms with Gasteiger partial charge in [0.2, 0.25) is 0 Å². The van der Waals surface area contributed by atoms with Crippen molar-refractivity contribution in [2.24, 2.45) is 5.92 Å². The fourth-order valence-corrected chi connectivity index (χ4v) is 1.01. The molecule has 0 spiro atoms. The Morgan fingerprint density at radius 2 is 1.92 bits per heavy atom. The Labute approximate surface area is 74.2 Å². The summed E-state index contributed by atoms with van der Waals surface area (Å²) in [5, 5.41) is 11.6. The molecule has 0 fully saturated rings. The second kappa shape index (κ2) is 6.00. The minimum atomic E-state index is -0.777. The summed E-state index contributed by atoms with van der Waals surface area (Å²) < 4.78 is 0. The topological polar surface area (TPSA) is 49.3 Å². The number of carboxylic acid groups (broad SMARTS) is 1. The smallest absolute Gasteiger partial charge is 0.320 e. The van der Waals surface area contributed by atoms with Crippen molar-refractivity contribution >= 4 is 5.97 Å². The van der Waals surface area contributed by atoms with Crippen molar-refractivity contribution in [3.05, 3.63) is 0 Å². The lowest BCUT2D eigenvalue weighted by Crippen LogP contribution is -2.36. The first-order valence-electron chi connectivity index (χ1n) is 4.57. The Morgan fingerprint density at radius 3 is 2.25 bits per heavy atom. The Bertz CT molecular complexity index is 132. The standard InChI is InChI=1S/C9H19NO2/c1-4-8(5-2)6-10-7(3)9(11)12/h7-8,10H,4-6H2,1-3H3,(H,11,12). The predicted molar refractivity (Wildman–Crippen MR) is 49.2 cm³/mol. The van der Waals surface area contributed by atoms with E-state index in [2.05, 4.69) is 19.2 Å². The van der Waals surface area contributed by atoms with Gasteiger partial charge in [-0.25, -0.2) is 0 Å². The van der Waals surface area contributed by atoms with Gasteiger partial charge >= 0.3 is 5.97 Å². The van der Waals surface area contributed by atoms with Gasteiger partial charge in [-0.15, -0.1) is 0 Å². The molecule has 0 aliphatic rings. The molecule has 0 rings (SSSR count). The number of rotatable bonds is 6. The van der Waals surface area contributed by atoms with Crippen LogP contribution in [0.25, 0.3) is 0 Å². The molecule has 0 bridgehead atoms. The van der Waals surface area contributed by atoms with Gasteiger partial charge in [-0.1, -0.05) is 26.7 Å². The minimum absolute atomic E-state index is 0.425. The third-order valence-corrected chi connectivity index (χ3v) is 2.24. The molecule has 0 aliphatic heterocycles. The van der Waals surface area contributed by atoms with Crippen LogP contribution in [0.1, 0.15) is 33.6 Å². The summed E-state index contributed by atoms with van der Waals surface area (Å²) in [5.41, 5.74) is 0. The van der Waals surface area contributed by atoms with Crippen LogP contribution in [0.5, 0.6) is 0 Å². The van der Waals surface area contributed by atoms with Crippen LogP contribution >= 0.6 is 0 Å². The summed E-state index contributed by atoms with van der Waals surface area (Å²) >= 11 is 0. The lowest BCUT2D eigenvalue weighted by atomic mass is 10.0. The average Bonchev–Trinajstić information content (AvgIpc) is 2.05. The molecule has 3 nitrogen and oxygen atoms in total. The third-order valence-electron chi connectivity index (χ3n) is 2.24. The van der Waals surface area contributed by atoms with Gasteiger partial charge in [-0.2, -0.15) is 0 Å². The van der Waals surface area contributed by atoms with Crippen LogP contribution in [-0.2, 0) is 4.79 Å². The first-order valence-corrected chi connectivity index (χ1v) is 4.57. The lowest BCUT2D eigenvalue weighted by molar-refractivity contribution is -0.139. The van der Waals surface area contributed by atoms with Crippen LogP contribution < -0.4 is 5.32 Å². The average molecular weight is 173 g/mol. The molecule has 72 valence electrons. The summed E-state index contributed by atoms with van der Waals surface area (Å²) in [6, 6.07) is -0.425. The number of aliphatic carboxylic acids is 1. The lowest BCUT2D eigenvalue weighted by Gasteiger charge is -2.15. The molecule has 1 atom stereocenters. The van der Waals surface area contributed by atoms with Gasteiger partial charge in [0.1, 0.15) is 6.04 Å². The highest BCUT2D eigenvalue weighted by atomic mass is 16.4. The Hall–Kier alpha value is -0.570. The molecule has 0 aromatic carbocycles. The second-order valence-electron chi connectivity index (χ2n) is 3.15. The van der Waals surface area contributed by atoms with E-state index in [1.54, 1.807) is 6.92 Å². The SMILES string of the molecule is CCC(CC)CNC(C)C(=O)O. The van der Waals surface area contributed by atoms with E-state index in [0.717, 1.165) is 19.4 Å². The van der Waals surface area contributed by atoms with Crippen LogP contribution in [0.2, 0.25) is 0 Å². The number of nitrogens with one attached hydrogen (secondary N) is 1. The van der Waals surface area contributed by atoms with Crippen molar-refractivity contribution < 1.29 is 9.90 Å². The van der Waals surface area contributed by atoms with E-state index < -0.39 is 12.0 Å². The van der Waals surface area contributed by atoms with Crippen LogP contribution in [0.3, 0.4) is 0 Å². The zero-order chi connectivity index (χ0) is 9.56. The number of carboxylic acids is 1. The highest BCUT2D eigenvalue weighted by Gasteiger charge is 2.11. The molecule has 0 aliphatic carbocycles. The van der Waals surface area contributed by atoms with E-state index in [1.165, 1.54) is 0 Å². The molecule has 0 radical (unpaired) electrons. The van der Waals surface area contributed by atoms with Crippen molar-refractivity contribution in [2.75, 3.05) is 6.54 Å². The van der Waals surface area contributed by atoms with Gasteiger partial charge in [0.05, 0.1) is 0 Å². The first-order chi connectivity index (χ1) is 5.61. The molecule has 3 heteroatoms. The summed E-state index contributed by atoms with van der Waals surface area (Å²) in [7, 11) is 0. The highest BCUT2D eigenvalue weighted by Crippen LogP contribution is 2.05. The largest absolute Gasteiger partial charge is 0.480 e. The molecule has 0 saturated carbocycles. The molecular weight excluding hydrogens is 154 g/mol. The van der Waals surface area contributed by atoms with E-state index in [9.17, 15) is 4.79 Å². The molecule has 0 aromatic heterocycles. The van der Waals surface area contributed by atoms with Crippen LogP contribution in [0.4, 0.5) is 0 Å². The maximum atomic E-state index is 10.4. The van der Waals surface area contributed by atoms with E-state index in [-0.39, 0.29) is 0 Å². The maximum absolute atomic E-state index is 10.4. The van der Waals surface area contributed by atoms with Gasteiger partial charge in [-0.3, -0.25) is 4.79 Å². The monoisotopic (exact) mass is 173 g/mol. The van der Waals surface area contributed by atoms with E-state index in [4.69, 9.17) is 5.11 Å². The fourth-order valence-electron chi connectivity index (χ4n) is 1.01. The third kappa shape index (κ3) is 4.34. The Balaban J connectivity index is 3.58. The first kappa shape index (κ1) is 11.4. The molecule has 2 N–H and O–H groups in total. The van der Waals surface area contributed by atoms with Crippen LogP contribution in [0, 0.1) is 5.92 Å². The van der Waals surface area contributed by atoms with Crippen molar-refractivity contribution in [3.8, 4) is 0 Å². The van der Waals surface area contributed by atoms with E-state index >= 15 is 0 Å². The van der Waals surface area contributed by atoms with Crippen LogP contribution in [-0.4, -0.2) is 23.7 Å². The van der Waals surface area contributed by atoms with Gasteiger partial charge < -0.3 is 10.4 Å². The summed E-state index contributed by atoms with van der Waals surface area (Å²) in [6.45, 7) is 6.73. The van der Waals surface area contributed by atoms with Gasteiger partial charge in [-0.05, 0) is 19.4 Å². The summed E-state index contributed by atoms with van der Waals surface area (Å²) in [4.78, 5) is 10.4. The number of hydrogen-bond acceptors (Lipinski definition) is 2. The minimum Gasteiger partial charge on any atom is -0.480 e. The predicted octanol–water partition coefficient (Wildman–Crippen LogP) is 1.49. The maximum Gasteiger partial charge on any atom is 0.320 e. The molecule has 0 heterocycles. The molecule has 1 unspecified atom stereocenters. The Kier molecular flexibility index (Phi) is 5.72. The van der Waals surface area contributed by atoms with E-state index in [0.29, 0.717) is 5.92 Å². The zero-order valence-electron chi connectivity index (χ0n) is 8.13. The van der Waals surface area contributed by atoms with Gasteiger partial charge in [0.15, 0.2) is 0 Å². The van der Waals surface area contributed by atoms with Gasteiger partial charge in [0, 0.05) is 0 Å². The number of carbonyl (C=O) groups is 1. The van der Waals surface area contributed by atoms with E-state index in [1.807, 2.05) is 0 Å². The molecular formula is C9H19NO2. The second-order valence-corrected chi connectivity index (χ2v) is 3.15. The van der Waals surface area contributed by atoms with Crippen molar-refractivity contribution in [1.82, 2.24) is 5.32 Å². The zero-order valence-corrected chi connectivity index (χ0v) is 8.13. The normalized spacial score (nSPS) is 13.3. The van der Waals surface area contributed by atoms with Crippen molar-refractivity contribution in [1.29, 1.82) is 0 Å². The van der Waals surface area contributed by atoms with Crippen molar-refractivity contribution in [2.45, 2.75) is 39.7 Å². The number of hydrogen-bond donors (Lipinski definition) is 2. The van der Waals surface area contributed by atoms with Gasteiger partial charge in [0.25, 0.3) is 0 Å². The fraction of sp³-hybridized carbons (Fsp3) is 0.889. The molecule has 0 amide bonds.